The maximum absolute atomic E-state index is 12.8. The molecule has 0 aliphatic carbocycles. The molecule has 0 radical (unpaired) electrons. The van der Waals surface area contributed by atoms with E-state index in [0.29, 0.717) is 30.0 Å². The third-order valence-electron chi connectivity index (χ3n) is 4.40. The van der Waals surface area contributed by atoms with Crippen LogP contribution in [0.2, 0.25) is 0 Å². The second kappa shape index (κ2) is 12.5. The molecule has 0 fully saturated rings. The summed E-state index contributed by atoms with van der Waals surface area (Å²) < 4.78 is 32.9. The summed E-state index contributed by atoms with van der Waals surface area (Å²) in [6.45, 7) is 2.38. The van der Waals surface area contributed by atoms with Gasteiger partial charge in [0.15, 0.2) is 0 Å². The topological polar surface area (TPSA) is 102 Å². The van der Waals surface area contributed by atoms with Crippen molar-refractivity contribution in [2.75, 3.05) is 23.9 Å². The quantitative estimate of drug-likeness (QED) is 0.367. The van der Waals surface area contributed by atoms with Crippen molar-refractivity contribution in [3.8, 4) is 0 Å². The highest BCUT2D eigenvalue weighted by atomic mass is 32.2. The van der Waals surface area contributed by atoms with E-state index in [0.717, 1.165) is 12.8 Å². The van der Waals surface area contributed by atoms with Crippen molar-refractivity contribution in [2.45, 2.75) is 37.1 Å². The molecule has 7 nitrogen and oxygen atoms in total. The van der Waals surface area contributed by atoms with Gasteiger partial charge in [0.1, 0.15) is 6.04 Å². The average Bonchev–Trinajstić information content (AvgIpc) is 2.77. The Balaban J connectivity index is 2.05. The fourth-order valence-corrected chi connectivity index (χ4v) is 4.37. The van der Waals surface area contributed by atoms with Crippen LogP contribution < -0.4 is 10.0 Å². The highest BCUT2D eigenvalue weighted by molar-refractivity contribution is 7.98. The number of hydrogen-bond donors (Lipinski definition) is 2. The van der Waals surface area contributed by atoms with Crippen LogP contribution in [0.5, 0.6) is 0 Å². The summed E-state index contributed by atoms with van der Waals surface area (Å²) in [5.74, 6) is -0.274. The number of sulfonamides is 1. The first kappa shape index (κ1) is 24.9. The van der Waals surface area contributed by atoms with Gasteiger partial charge >= 0.3 is 5.97 Å². The molecule has 2 rings (SSSR count). The smallest absolute Gasteiger partial charge is 0.338 e. The molecule has 2 aromatic carbocycles. The van der Waals surface area contributed by atoms with Crippen molar-refractivity contribution in [3.05, 3.63) is 60.2 Å². The van der Waals surface area contributed by atoms with Crippen LogP contribution in [0.25, 0.3) is 0 Å². The van der Waals surface area contributed by atoms with E-state index in [1.807, 2.05) is 13.2 Å². The zero-order chi connectivity index (χ0) is 22.7. The molecule has 1 unspecified atom stereocenters. The maximum Gasteiger partial charge on any atom is 0.338 e. The molecule has 0 aliphatic heterocycles. The third kappa shape index (κ3) is 8.01. The lowest BCUT2D eigenvalue weighted by Gasteiger charge is -2.18. The Hall–Kier alpha value is -2.36. The number of esters is 1. The summed E-state index contributed by atoms with van der Waals surface area (Å²) in [4.78, 5) is 24.9. The van der Waals surface area contributed by atoms with Crippen LogP contribution in [0.15, 0.2) is 59.5 Å². The van der Waals surface area contributed by atoms with Crippen LogP contribution in [0.3, 0.4) is 0 Å². The van der Waals surface area contributed by atoms with Gasteiger partial charge in [0.2, 0.25) is 15.9 Å². The van der Waals surface area contributed by atoms with E-state index in [4.69, 9.17) is 4.74 Å². The molecule has 0 saturated heterocycles. The predicted molar refractivity (Wildman–Crippen MR) is 124 cm³/mol. The number of benzene rings is 2. The van der Waals surface area contributed by atoms with Gasteiger partial charge in [0, 0.05) is 5.69 Å². The van der Waals surface area contributed by atoms with Gasteiger partial charge in [0.25, 0.3) is 0 Å². The molecular formula is C22H28N2O5S2. The van der Waals surface area contributed by atoms with Crippen molar-refractivity contribution < 1.29 is 22.7 Å². The van der Waals surface area contributed by atoms with Crippen LogP contribution >= 0.6 is 11.8 Å². The molecule has 9 heteroatoms. The Morgan fingerprint density at radius 3 is 2.35 bits per heavy atom. The van der Waals surface area contributed by atoms with E-state index >= 15 is 0 Å². The van der Waals surface area contributed by atoms with E-state index in [-0.39, 0.29) is 4.90 Å². The third-order valence-corrected chi connectivity index (χ3v) is 6.53. The highest BCUT2D eigenvalue weighted by Gasteiger charge is 2.25. The predicted octanol–water partition coefficient (Wildman–Crippen LogP) is 3.68. The van der Waals surface area contributed by atoms with Crippen LogP contribution in [0, 0.1) is 0 Å². The van der Waals surface area contributed by atoms with Gasteiger partial charge in [-0.3, -0.25) is 4.79 Å². The first-order valence-electron chi connectivity index (χ1n) is 10.0. The number of carbonyl (C=O) groups is 2. The number of unbranched alkanes of at least 4 members (excludes halogenated alkanes) is 1. The van der Waals surface area contributed by atoms with Crippen molar-refractivity contribution >= 4 is 39.3 Å². The first-order valence-corrected chi connectivity index (χ1v) is 12.9. The molecule has 2 N–H and O–H groups in total. The summed E-state index contributed by atoms with van der Waals surface area (Å²) in [5.41, 5.74) is 0.848. The van der Waals surface area contributed by atoms with Crippen molar-refractivity contribution in [1.29, 1.82) is 0 Å². The molecule has 0 aromatic heterocycles. The fraction of sp³-hybridized carbons (Fsp3) is 0.364. The second-order valence-electron chi connectivity index (χ2n) is 6.82. The molecule has 2 aromatic rings. The van der Waals surface area contributed by atoms with E-state index in [1.165, 1.54) is 23.9 Å². The SMILES string of the molecule is CCCCOC(=O)c1ccc(NC(=O)C(CCSC)NS(=O)(=O)c2ccccc2)cc1. The Bertz CT molecular complexity index is 948. The molecule has 0 spiro atoms. The first-order chi connectivity index (χ1) is 14.9. The number of rotatable bonds is 12. The van der Waals surface area contributed by atoms with E-state index < -0.39 is 27.9 Å². The number of thioether (sulfide) groups is 1. The summed E-state index contributed by atoms with van der Waals surface area (Å²) in [6, 6.07) is 13.3. The van der Waals surface area contributed by atoms with Crippen LogP contribution in [-0.2, 0) is 19.6 Å². The lowest BCUT2D eigenvalue weighted by Crippen LogP contribution is -2.44. The number of ether oxygens (including phenoxy) is 1. The number of amides is 1. The number of anilines is 1. The lowest BCUT2D eigenvalue weighted by atomic mass is 10.2. The monoisotopic (exact) mass is 464 g/mol. The van der Waals surface area contributed by atoms with Gasteiger partial charge in [-0.25, -0.2) is 13.2 Å². The van der Waals surface area contributed by atoms with Crippen molar-refractivity contribution in [3.63, 3.8) is 0 Å². The van der Waals surface area contributed by atoms with Crippen molar-refractivity contribution in [1.82, 2.24) is 4.72 Å². The van der Waals surface area contributed by atoms with Gasteiger partial charge in [-0.15, -0.1) is 0 Å². The molecular weight excluding hydrogens is 436 g/mol. The minimum atomic E-state index is -3.84. The standard InChI is InChI=1S/C22H28N2O5S2/c1-3-4-15-29-22(26)17-10-12-18(13-11-17)23-21(25)20(14-16-30-2)24-31(27,28)19-8-6-5-7-9-19/h5-13,20,24H,3-4,14-16H2,1-2H3,(H,23,25). The van der Waals surface area contributed by atoms with Gasteiger partial charge < -0.3 is 10.1 Å². The second-order valence-corrected chi connectivity index (χ2v) is 9.52. The average molecular weight is 465 g/mol. The summed E-state index contributed by atoms with van der Waals surface area (Å²) >= 11 is 1.52. The largest absolute Gasteiger partial charge is 0.462 e. The van der Waals surface area contributed by atoms with Crippen LogP contribution in [-0.4, -0.2) is 45.0 Å². The van der Waals surface area contributed by atoms with Gasteiger partial charge in [0.05, 0.1) is 17.1 Å². The molecule has 0 saturated carbocycles. The Morgan fingerprint density at radius 2 is 1.74 bits per heavy atom. The molecule has 0 heterocycles. The highest BCUT2D eigenvalue weighted by Crippen LogP contribution is 2.14. The Morgan fingerprint density at radius 1 is 1.06 bits per heavy atom. The van der Waals surface area contributed by atoms with Crippen LogP contribution in [0.1, 0.15) is 36.5 Å². The van der Waals surface area contributed by atoms with Gasteiger partial charge in [-0.05, 0) is 61.2 Å². The summed E-state index contributed by atoms with van der Waals surface area (Å²) in [7, 11) is -3.84. The van der Waals surface area contributed by atoms with Gasteiger partial charge in [-0.1, -0.05) is 31.5 Å². The van der Waals surface area contributed by atoms with Crippen molar-refractivity contribution in [2.24, 2.45) is 0 Å². The van der Waals surface area contributed by atoms with E-state index in [2.05, 4.69) is 10.0 Å². The molecule has 0 aliphatic rings. The fourth-order valence-electron chi connectivity index (χ4n) is 2.65. The van der Waals surface area contributed by atoms with Crippen LogP contribution in [0.4, 0.5) is 5.69 Å². The number of nitrogens with one attached hydrogen (secondary N) is 2. The maximum atomic E-state index is 12.8. The van der Waals surface area contributed by atoms with E-state index in [1.54, 1.807) is 42.5 Å². The Labute approximate surface area is 188 Å². The molecule has 0 bridgehead atoms. The number of carbonyl (C=O) groups excluding carboxylic acids is 2. The molecule has 1 atom stereocenters. The molecule has 168 valence electrons. The molecule has 1 amide bonds. The summed E-state index contributed by atoms with van der Waals surface area (Å²) in [6.07, 6.45) is 3.96. The normalized spacial score (nSPS) is 12.2. The molecule has 31 heavy (non-hydrogen) atoms. The lowest BCUT2D eigenvalue weighted by molar-refractivity contribution is -0.117. The number of hydrogen-bond acceptors (Lipinski definition) is 6. The minimum Gasteiger partial charge on any atom is -0.462 e. The zero-order valence-electron chi connectivity index (χ0n) is 17.7. The Kier molecular flexibility index (Phi) is 10.0. The van der Waals surface area contributed by atoms with E-state index in [9.17, 15) is 18.0 Å². The van der Waals surface area contributed by atoms with Gasteiger partial charge in [-0.2, -0.15) is 16.5 Å². The zero-order valence-corrected chi connectivity index (χ0v) is 19.3. The summed E-state index contributed by atoms with van der Waals surface area (Å²) in [5, 5.41) is 2.72. The minimum absolute atomic E-state index is 0.0999.